The van der Waals surface area contributed by atoms with Gasteiger partial charge in [0.15, 0.2) is 0 Å². The molecule has 0 radical (unpaired) electrons. The second kappa shape index (κ2) is 5.39. The van der Waals surface area contributed by atoms with Gasteiger partial charge in [0.25, 0.3) is 0 Å². The average molecular weight is 300 g/mol. The minimum Gasteiger partial charge on any atom is -0.361 e. The second-order valence-corrected chi connectivity index (χ2v) is 6.46. The Bertz CT molecular complexity index is 518. The summed E-state index contributed by atoms with van der Waals surface area (Å²) in [7, 11) is 0. The van der Waals surface area contributed by atoms with Gasteiger partial charge in [-0.1, -0.05) is 5.16 Å². The monoisotopic (exact) mass is 300 g/mol. The molecule has 0 bridgehead atoms. The molecule has 6 heteroatoms. The van der Waals surface area contributed by atoms with Crippen molar-refractivity contribution >= 4 is 5.91 Å². The molecule has 1 N–H and O–H groups in total. The molecule has 2 rings (SSSR count). The number of nitrogens with zero attached hydrogens (tertiary/aromatic N) is 1. The van der Waals surface area contributed by atoms with E-state index in [0.29, 0.717) is 24.3 Å². The van der Waals surface area contributed by atoms with Crippen molar-refractivity contribution in [2.24, 2.45) is 5.92 Å². The van der Waals surface area contributed by atoms with Gasteiger partial charge in [-0.15, -0.1) is 0 Å². The molecule has 4 nitrogen and oxygen atoms in total. The fourth-order valence-corrected chi connectivity index (χ4v) is 3.24. The summed E-state index contributed by atoms with van der Waals surface area (Å²) < 4.78 is 32.0. The first-order valence-electron chi connectivity index (χ1n) is 7.25. The van der Waals surface area contributed by atoms with Crippen LogP contribution in [0.4, 0.5) is 8.78 Å². The molecule has 1 amide bonds. The fourth-order valence-electron chi connectivity index (χ4n) is 3.24. The number of hydrogen-bond donors (Lipinski definition) is 1. The summed E-state index contributed by atoms with van der Waals surface area (Å²) in [6.07, 6.45) is 0.413. The maximum atomic E-state index is 13.4. The molecule has 1 aromatic rings. The van der Waals surface area contributed by atoms with Crippen LogP contribution in [0.3, 0.4) is 0 Å². The van der Waals surface area contributed by atoms with Crippen molar-refractivity contribution in [1.29, 1.82) is 0 Å². The summed E-state index contributed by atoms with van der Waals surface area (Å²) in [5.41, 5.74) is 0.808. The number of hydrogen-bond acceptors (Lipinski definition) is 3. The fraction of sp³-hybridized carbons (Fsp3) is 0.733. The zero-order chi connectivity index (χ0) is 15.8. The predicted octanol–water partition coefficient (Wildman–Crippen LogP) is 3.47. The van der Waals surface area contributed by atoms with Crippen LogP contribution in [0.25, 0.3) is 0 Å². The van der Waals surface area contributed by atoms with Crippen molar-refractivity contribution in [3.05, 3.63) is 17.0 Å². The predicted molar refractivity (Wildman–Crippen MR) is 74.1 cm³/mol. The van der Waals surface area contributed by atoms with Crippen LogP contribution < -0.4 is 5.32 Å². The molecular formula is C15H22F2N2O2. The molecule has 0 aliphatic heterocycles. The van der Waals surface area contributed by atoms with Gasteiger partial charge in [0.2, 0.25) is 11.8 Å². The van der Waals surface area contributed by atoms with Crippen LogP contribution in [0.2, 0.25) is 0 Å². The number of aromatic nitrogens is 1. The highest BCUT2D eigenvalue weighted by Gasteiger charge is 2.40. The van der Waals surface area contributed by atoms with Gasteiger partial charge < -0.3 is 9.84 Å². The first-order valence-corrected chi connectivity index (χ1v) is 7.25. The first-order chi connectivity index (χ1) is 9.62. The Hall–Kier alpha value is -1.46. The summed E-state index contributed by atoms with van der Waals surface area (Å²) in [4.78, 5) is 12.3. The van der Waals surface area contributed by atoms with Crippen molar-refractivity contribution in [3.8, 4) is 0 Å². The zero-order valence-electron chi connectivity index (χ0n) is 12.9. The number of amides is 1. The Balaban J connectivity index is 2.11. The van der Waals surface area contributed by atoms with E-state index in [-0.39, 0.29) is 18.7 Å². The molecule has 0 saturated heterocycles. The van der Waals surface area contributed by atoms with Gasteiger partial charge in [0.1, 0.15) is 5.76 Å². The van der Waals surface area contributed by atoms with Crippen LogP contribution >= 0.6 is 0 Å². The average Bonchev–Trinajstić information content (AvgIpc) is 2.67. The van der Waals surface area contributed by atoms with Crippen molar-refractivity contribution < 1.29 is 18.1 Å². The molecule has 1 aliphatic carbocycles. The maximum absolute atomic E-state index is 13.4. The van der Waals surface area contributed by atoms with Crippen molar-refractivity contribution in [3.63, 3.8) is 0 Å². The Morgan fingerprint density at radius 1 is 1.43 bits per heavy atom. The van der Waals surface area contributed by atoms with Crippen LogP contribution in [0.15, 0.2) is 4.52 Å². The lowest BCUT2D eigenvalue weighted by Gasteiger charge is -2.32. The highest BCUT2D eigenvalue weighted by Crippen LogP contribution is 2.37. The topological polar surface area (TPSA) is 55.1 Å². The SMILES string of the molecule is Cc1noc(C)c1C(C)(C)NC(=O)C1CCCC(F)(F)C1. The molecule has 1 saturated carbocycles. The Morgan fingerprint density at radius 3 is 2.62 bits per heavy atom. The molecule has 1 atom stereocenters. The van der Waals surface area contributed by atoms with Gasteiger partial charge in [-0.25, -0.2) is 8.78 Å². The minimum absolute atomic E-state index is 0.121. The number of aryl methyl sites for hydroxylation is 2. The van der Waals surface area contributed by atoms with Gasteiger partial charge in [0.05, 0.1) is 11.2 Å². The van der Waals surface area contributed by atoms with E-state index in [2.05, 4.69) is 10.5 Å². The van der Waals surface area contributed by atoms with Crippen molar-refractivity contribution in [2.75, 3.05) is 0 Å². The van der Waals surface area contributed by atoms with E-state index in [0.717, 1.165) is 5.56 Å². The molecule has 0 spiro atoms. The first kappa shape index (κ1) is 15.9. The maximum Gasteiger partial charge on any atom is 0.248 e. The molecule has 1 heterocycles. The molecule has 1 fully saturated rings. The minimum atomic E-state index is -2.73. The van der Waals surface area contributed by atoms with E-state index >= 15 is 0 Å². The lowest BCUT2D eigenvalue weighted by molar-refractivity contribution is -0.134. The quantitative estimate of drug-likeness (QED) is 0.930. The third kappa shape index (κ3) is 3.41. The Morgan fingerprint density at radius 2 is 2.10 bits per heavy atom. The number of rotatable bonds is 3. The molecule has 21 heavy (non-hydrogen) atoms. The van der Waals surface area contributed by atoms with Crippen LogP contribution in [0.1, 0.15) is 56.5 Å². The molecule has 1 aliphatic rings. The number of alkyl halides is 2. The summed E-state index contributed by atoms with van der Waals surface area (Å²) in [6.45, 7) is 7.24. The summed E-state index contributed by atoms with van der Waals surface area (Å²) in [5.74, 6) is -3.05. The third-order valence-electron chi connectivity index (χ3n) is 4.11. The lowest BCUT2D eigenvalue weighted by atomic mass is 9.84. The largest absolute Gasteiger partial charge is 0.361 e. The molecule has 1 aromatic heterocycles. The summed E-state index contributed by atoms with van der Waals surface area (Å²) in [6, 6.07) is 0. The second-order valence-electron chi connectivity index (χ2n) is 6.46. The van der Waals surface area contributed by atoms with Gasteiger partial charge in [-0.3, -0.25) is 4.79 Å². The number of carbonyl (C=O) groups excluding carboxylic acids is 1. The standard InChI is InChI=1S/C15H22F2N2O2/c1-9-12(10(2)21-19-9)14(3,4)18-13(20)11-6-5-7-15(16,17)8-11/h11H,5-8H2,1-4H3,(H,18,20). The number of halogens is 2. The van der Waals surface area contributed by atoms with Gasteiger partial charge in [-0.2, -0.15) is 0 Å². The zero-order valence-corrected chi connectivity index (χ0v) is 12.9. The van der Waals surface area contributed by atoms with E-state index < -0.39 is 17.4 Å². The van der Waals surface area contributed by atoms with E-state index in [1.807, 2.05) is 13.8 Å². The van der Waals surface area contributed by atoms with E-state index in [4.69, 9.17) is 4.52 Å². The van der Waals surface area contributed by atoms with Gasteiger partial charge in [-0.05, 0) is 40.5 Å². The van der Waals surface area contributed by atoms with Crippen LogP contribution in [0, 0.1) is 19.8 Å². The number of nitrogens with one attached hydrogen (secondary N) is 1. The van der Waals surface area contributed by atoms with Crippen molar-refractivity contribution in [2.45, 2.75) is 64.8 Å². The Kier molecular flexibility index (Phi) is 4.08. The normalized spacial score (nSPS) is 22.1. The van der Waals surface area contributed by atoms with E-state index in [1.54, 1.807) is 13.8 Å². The molecule has 118 valence electrons. The van der Waals surface area contributed by atoms with Crippen molar-refractivity contribution in [1.82, 2.24) is 10.5 Å². The highest BCUT2D eigenvalue weighted by atomic mass is 19.3. The van der Waals surface area contributed by atoms with Crippen LogP contribution in [-0.4, -0.2) is 17.0 Å². The van der Waals surface area contributed by atoms with Gasteiger partial charge >= 0.3 is 0 Å². The smallest absolute Gasteiger partial charge is 0.248 e. The summed E-state index contributed by atoms with van der Waals surface area (Å²) >= 11 is 0. The number of carbonyl (C=O) groups is 1. The van der Waals surface area contributed by atoms with Gasteiger partial charge in [0, 0.05) is 24.3 Å². The molecule has 1 unspecified atom stereocenters. The Labute approximate surface area is 123 Å². The summed E-state index contributed by atoms with van der Waals surface area (Å²) in [5, 5.41) is 6.75. The molecule has 0 aromatic carbocycles. The van der Waals surface area contributed by atoms with Crippen LogP contribution in [-0.2, 0) is 10.3 Å². The molecular weight excluding hydrogens is 278 g/mol. The lowest BCUT2D eigenvalue weighted by Crippen LogP contribution is -2.46. The highest BCUT2D eigenvalue weighted by molar-refractivity contribution is 5.79. The van der Waals surface area contributed by atoms with E-state index in [1.165, 1.54) is 0 Å². The van der Waals surface area contributed by atoms with Crippen LogP contribution in [0.5, 0.6) is 0 Å². The van der Waals surface area contributed by atoms with E-state index in [9.17, 15) is 13.6 Å². The third-order valence-corrected chi connectivity index (χ3v) is 4.11.